The number of nitrogens with zero attached hydrogens (tertiary/aromatic N) is 1. The zero-order valence-electron chi connectivity index (χ0n) is 24.0. The summed E-state index contributed by atoms with van der Waals surface area (Å²) in [5.41, 5.74) is -0.404. The fourth-order valence-electron chi connectivity index (χ4n) is 6.59. The van der Waals surface area contributed by atoms with Gasteiger partial charge in [0.1, 0.15) is 5.76 Å². The van der Waals surface area contributed by atoms with Crippen LogP contribution in [0.1, 0.15) is 37.8 Å². The summed E-state index contributed by atoms with van der Waals surface area (Å²) in [7, 11) is 3.47. The predicted octanol–water partition coefficient (Wildman–Crippen LogP) is 1.21. The molecule has 13 nitrogen and oxygen atoms in total. The Hall–Kier alpha value is -4.18. The van der Waals surface area contributed by atoms with Gasteiger partial charge in [-0.25, -0.2) is 9.59 Å². The van der Waals surface area contributed by atoms with Crippen LogP contribution < -0.4 is 9.47 Å². The molecule has 2 N–H and O–H groups in total. The number of aldehydes is 1. The van der Waals surface area contributed by atoms with E-state index in [1.165, 1.54) is 7.11 Å². The van der Waals surface area contributed by atoms with Crippen LogP contribution in [-0.2, 0) is 50.0 Å². The number of aliphatic hydroxyl groups is 1. The molecule has 0 saturated carbocycles. The number of carboxylic acid groups (broad SMARTS) is 1. The Morgan fingerprint density at radius 3 is 2.30 bits per heavy atom. The quantitative estimate of drug-likeness (QED) is 0.250. The molecule has 5 rings (SSSR count). The summed E-state index contributed by atoms with van der Waals surface area (Å²) in [4.78, 5) is 59.1. The average Bonchev–Trinajstić information content (AvgIpc) is 3.29. The van der Waals surface area contributed by atoms with Gasteiger partial charge in [-0.15, -0.1) is 0 Å². The Balaban J connectivity index is 0.000000670. The highest BCUT2D eigenvalue weighted by Gasteiger charge is 2.72. The van der Waals surface area contributed by atoms with Crippen molar-refractivity contribution in [2.75, 3.05) is 20.7 Å². The third kappa shape index (κ3) is 5.47. The van der Waals surface area contributed by atoms with E-state index in [1.54, 1.807) is 12.1 Å². The number of hydrogen-bond acceptors (Lipinski definition) is 12. The number of esters is 3. The van der Waals surface area contributed by atoms with Gasteiger partial charge in [0.2, 0.25) is 18.5 Å². The average molecular weight is 630 g/mol. The molecule has 1 saturated heterocycles. The van der Waals surface area contributed by atoms with Gasteiger partial charge in [-0.2, -0.15) is 13.2 Å². The maximum atomic E-state index is 13.3. The molecule has 2 aliphatic heterocycles. The van der Waals surface area contributed by atoms with Gasteiger partial charge in [0, 0.05) is 31.9 Å². The minimum absolute atomic E-state index is 0.0400. The molecule has 1 aromatic rings. The molecule has 2 heterocycles. The second kappa shape index (κ2) is 11.7. The Labute approximate surface area is 248 Å². The number of hydrogen-bond donors (Lipinski definition) is 2. The van der Waals surface area contributed by atoms with Crippen LogP contribution >= 0.6 is 0 Å². The van der Waals surface area contributed by atoms with Crippen molar-refractivity contribution in [3.8, 4) is 11.5 Å². The summed E-state index contributed by atoms with van der Waals surface area (Å²) in [6.07, 6.45) is -8.08. The summed E-state index contributed by atoms with van der Waals surface area (Å²) < 4.78 is 58.5. The van der Waals surface area contributed by atoms with Gasteiger partial charge in [0.25, 0.3) is 0 Å². The first-order valence-electron chi connectivity index (χ1n) is 13.3. The molecule has 44 heavy (non-hydrogen) atoms. The number of alkyl halides is 3. The minimum Gasteiger partial charge on any atom is -0.493 e. The Morgan fingerprint density at radius 2 is 1.75 bits per heavy atom. The van der Waals surface area contributed by atoms with Crippen molar-refractivity contribution in [1.82, 2.24) is 4.90 Å². The molecular formula is C28H30F3NO12. The molecule has 0 aromatic heterocycles. The summed E-state index contributed by atoms with van der Waals surface area (Å²) in [5, 5.41) is 21.8. The van der Waals surface area contributed by atoms with Crippen molar-refractivity contribution < 1.29 is 71.0 Å². The molecule has 4 aliphatic rings. The lowest BCUT2D eigenvalue weighted by atomic mass is 9.50. The van der Waals surface area contributed by atoms with Gasteiger partial charge < -0.3 is 38.8 Å². The summed E-state index contributed by atoms with van der Waals surface area (Å²) in [6, 6.07) is 3.52. The van der Waals surface area contributed by atoms with Crippen molar-refractivity contribution >= 4 is 30.2 Å². The molecule has 2 bridgehead atoms. The Kier molecular flexibility index (Phi) is 8.72. The molecule has 1 spiro atoms. The lowest BCUT2D eigenvalue weighted by Crippen LogP contribution is -2.74. The summed E-state index contributed by atoms with van der Waals surface area (Å²) in [6.45, 7) is 2.59. The second-order valence-electron chi connectivity index (χ2n) is 10.8. The molecule has 16 heteroatoms. The van der Waals surface area contributed by atoms with Crippen LogP contribution in [0.25, 0.3) is 0 Å². The highest BCUT2D eigenvalue weighted by Crippen LogP contribution is 2.65. The number of likely N-dealkylation sites (N-methyl/N-ethyl adjacent to an activating group) is 1. The van der Waals surface area contributed by atoms with E-state index >= 15 is 0 Å². The number of carbonyl (C=O) groups excluding carboxylic acids is 4. The molecule has 6 atom stereocenters. The molecular weight excluding hydrogens is 599 g/mol. The zero-order valence-corrected chi connectivity index (χ0v) is 24.0. The van der Waals surface area contributed by atoms with Crippen LogP contribution in [0.5, 0.6) is 11.5 Å². The zero-order chi connectivity index (χ0) is 32.8. The normalized spacial score (nSPS) is 27.5. The molecule has 1 aromatic carbocycles. The van der Waals surface area contributed by atoms with Gasteiger partial charge in [-0.05, 0) is 44.1 Å². The largest absolute Gasteiger partial charge is 0.493 e. The predicted molar refractivity (Wildman–Crippen MR) is 138 cm³/mol. The molecule has 1 fully saturated rings. The number of ether oxygens (including phenoxy) is 5. The molecule has 0 unspecified atom stereocenters. The number of carbonyl (C=O) groups is 5. The fourth-order valence-corrected chi connectivity index (χ4v) is 6.59. The highest BCUT2D eigenvalue weighted by atomic mass is 19.4. The monoisotopic (exact) mass is 629 g/mol. The van der Waals surface area contributed by atoms with Crippen LogP contribution in [0.2, 0.25) is 0 Å². The number of carboxylic acids is 1. The van der Waals surface area contributed by atoms with Gasteiger partial charge in [0.15, 0.2) is 17.6 Å². The lowest BCUT2D eigenvalue weighted by molar-refractivity contribution is -0.190. The number of benzene rings is 1. The van der Waals surface area contributed by atoms with E-state index in [4.69, 9.17) is 28.5 Å². The number of piperidine rings is 1. The summed E-state index contributed by atoms with van der Waals surface area (Å²) >= 11 is 0. The number of aliphatic carboxylic acids is 1. The molecule has 240 valence electrons. The highest BCUT2D eigenvalue weighted by molar-refractivity contribution is 5.88. The molecule has 0 amide bonds. The van der Waals surface area contributed by atoms with Crippen molar-refractivity contribution in [2.24, 2.45) is 0 Å². The first kappa shape index (κ1) is 32.7. The second-order valence-corrected chi connectivity index (χ2v) is 10.8. The number of likely N-dealkylation sites (tertiary alicyclic amines) is 1. The SMILES string of the molecule is COc1ccc2c3c1O[C@H]1C(OC(=O)[C@@H](OC(C)=O)[C@H](OC(C)=O)C(=O)O)=CC[C@@]4(O)[C@@H](C2)N(C)CC[C@]314.O=CC(F)(F)F. The van der Waals surface area contributed by atoms with Gasteiger partial charge in [-0.3, -0.25) is 14.4 Å². The standard InChI is InChI=1S/C26H29NO11.C2HF3O/c1-12(28)35-20(23(30)31)21(36-13(2)29)24(32)37-16-7-8-26(33)17-11-14-5-6-15(34-4)19-18(14)25(26,22(16)38-19)9-10-27(17)3;3-2(4,5)1-6/h5-7,17,20-22,33H,8-11H2,1-4H3,(H,30,31);1H/t17-,20+,21+,22+,25+,26-;/m1./s1. The van der Waals surface area contributed by atoms with E-state index in [1.807, 2.05) is 13.1 Å². The van der Waals surface area contributed by atoms with E-state index in [0.29, 0.717) is 30.9 Å². The number of halogens is 3. The van der Waals surface area contributed by atoms with E-state index in [-0.39, 0.29) is 18.2 Å². The first-order chi connectivity index (χ1) is 20.5. The van der Waals surface area contributed by atoms with Crippen molar-refractivity contribution in [1.29, 1.82) is 0 Å². The van der Waals surface area contributed by atoms with E-state index in [0.717, 1.165) is 25.0 Å². The minimum atomic E-state index is -4.64. The van der Waals surface area contributed by atoms with E-state index in [9.17, 15) is 42.6 Å². The van der Waals surface area contributed by atoms with Crippen LogP contribution in [0.15, 0.2) is 24.0 Å². The topological polar surface area (TPSA) is 175 Å². The van der Waals surface area contributed by atoms with Gasteiger partial charge >= 0.3 is 30.1 Å². The van der Waals surface area contributed by atoms with Crippen LogP contribution in [0, 0.1) is 0 Å². The van der Waals surface area contributed by atoms with Crippen LogP contribution in [0.4, 0.5) is 13.2 Å². The van der Waals surface area contributed by atoms with E-state index in [2.05, 4.69) is 4.90 Å². The van der Waals surface area contributed by atoms with Gasteiger partial charge in [0.05, 0.1) is 18.1 Å². The summed E-state index contributed by atoms with van der Waals surface area (Å²) in [5.74, 6) is -3.94. The number of methoxy groups -OCH3 is 1. The molecule has 2 aliphatic carbocycles. The van der Waals surface area contributed by atoms with Gasteiger partial charge in [-0.1, -0.05) is 6.07 Å². The van der Waals surface area contributed by atoms with Crippen molar-refractivity contribution in [2.45, 2.75) is 74.7 Å². The third-order valence-corrected chi connectivity index (χ3v) is 8.25. The van der Waals surface area contributed by atoms with E-state index < -0.39 is 65.7 Å². The Bertz CT molecular complexity index is 1410. The van der Waals surface area contributed by atoms with Crippen LogP contribution in [-0.4, -0.2) is 102 Å². The lowest BCUT2D eigenvalue weighted by Gasteiger charge is -2.61. The fraction of sp³-hybridized carbons (Fsp3) is 0.536. The third-order valence-electron chi connectivity index (χ3n) is 8.25. The first-order valence-corrected chi connectivity index (χ1v) is 13.3. The van der Waals surface area contributed by atoms with Crippen molar-refractivity contribution in [3.63, 3.8) is 0 Å². The maximum absolute atomic E-state index is 13.3. The number of rotatable bonds is 7. The van der Waals surface area contributed by atoms with Crippen LogP contribution in [0.3, 0.4) is 0 Å². The maximum Gasteiger partial charge on any atom is 0.446 e. The Morgan fingerprint density at radius 1 is 1.14 bits per heavy atom. The van der Waals surface area contributed by atoms with Crippen molar-refractivity contribution in [3.05, 3.63) is 35.1 Å². The smallest absolute Gasteiger partial charge is 0.446 e. The molecule has 0 radical (unpaired) electrons.